The number of aryl methyl sites for hydroxylation is 3. The van der Waals surface area contributed by atoms with E-state index in [1.54, 1.807) is 6.07 Å². The van der Waals surface area contributed by atoms with Crippen LogP contribution in [0.5, 0.6) is 0 Å². The van der Waals surface area contributed by atoms with Crippen LogP contribution >= 0.6 is 0 Å². The predicted molar refractivity (Wildman–Crippen MR) is 82.7 cm³/mol. The van der Waals surface area contributed by atoms with Crippen molar-refractivity contribution >= 4 is 16.9 Å². The Morgan fingerprint density at radius 2 is 1.95 bits per heavy atom. The van der Waals surface area contributed by atoms with Gasteiger partial charge in [-0.2, -0.15) is 0 Å². The molecule has 0 aliphatic carbocycles. The first-order valence-corrected chi connectivity index (χ1v) is 7.36. The Labute approximate surface area is 120 Å². The predicted octanol–water partition coefficient (Wildman–Crippen LogP) is 4.32. The van der Waals surface area contributed by atoms with E-state index in [1.165, 1.54) is 16.8 Å². The molecule has 0 saturated heterocycles. The quantitative estimate of drug-likeness (QED) is 0.881. The summed E-state index contributed by atoms with van der Waals surface area (Å²) in [6, 6.07) is 3.62. The zero-order valence-corrected chi connectivity index (χ0v) is 12.8. The maximum Gasteiger partial charge on any atom is 0.335 e. The lowest BCUT2D eigenvalue weighted by molar-refractivity contribution is 0.0697. The molecular weight excluding hydrogens is 250 g/mol. The average Bonchev–Trinajstić information content (AvgIpc) is 2.68. The minimum Gasteiger partial charge on any atom is -0.478 e. The molecule has 3 heteroatoms. The van der Waals surface area contributed by atoms with Gasteiger partial charge in [0.2, 0.25) is 0 Å². The van der Waals surface area contributed by atoms with Crippen molar-refractivity contribution in [3.8, 4) is 0 Å². The SMILES string of the molecule is CCCCc1c(C)n(CC)c2c(C)cc(C(=O)O)cc12. The summed E-state index contributed by atoms with van der Waals surface area (Å²) < 4.78 is 2.31. The number of hydrogen-bond donors (Lipinski definition) is 1. The van der Waals surface area contributed by atoms with Crippen LogP contribution in [0.1, 0.15) is 53.9 Å². The summed E-state index contributed by atoms with van der Waals surface area (Å²) in [4.78, 5) is 11.3. The first-order valence-electron chi connectivity index (χ1n) is 7.36. The molecule has 3 nitrogen and oxygen atoms in total. The molecule has 2 aromatic rings. The van der Waals surface area contributed by atoms with Gasteiger partial charge < -0.3 is 9.67 Å². The molecule has 108 valence electrons. The van der Waals surface area contributed by atoms with Gasteiger partial charge in [-0.25, -0.2) is 4.79 Å². The van der Waals surface area contributed by atoms with Crippen molar-refractivity contribution < 1.29 is 9.90 Å². The number of fused-ring (bicyclic) bond motifs is 1. The molecule has 0 aliphatic heterocycles. The summed E-state index contributed by atoms with van der Waals surface area (Å²) in [6.45, 7) is 9.39. The van der Waals surface area contributed by atoms with Crippen LogP contribution in [0.2, 0.25) is 0 Å². The molecular formula is C17H23NO2. The minimum absolute atomic E-state index is 0.390. The summed E-state index contributed by atoms with van der Waals surface area (Å²) in [7, 11) is 0. The molecule has 1 aromatic heterocycles. The Hall–Kier alpha value is -1.77. The molecule has 0 spiro atoms. The van der Waals surface area contributed by atoms with Gasteiger partial charge in [0, 0.05) is 17.6 Å². The molecule has 2 rings (SSSR count). The highest BCUT2D eigenvalue weighted by atomic mass is 16.4. The van der Waals surface area contributed by atoms with Crippen LogP contribution in [0.4, 0.5) is 0 Å². The van der Waals surface area contributed by atoms with Crippen LogP contribution in [0.3, 0.4) is 0 Å². The third-order valence-electron chi connectivity index (χ3n) is 4.08. The molecule has 0 radical (unpaired) electrons. The number of carbonyl (C=O) groups is 1. The van der Waals surface area contributed by atoms with Crippen molar-refractivity contribution in [2.75, 3.05) is 0 Å². The molecule has 0 atom stereocenters. The fourth-order valence-corrected chi connectivity index (χ4v) is 3.08. The van der Waals surface area contributed by atoms with Crippen molar-refractivity contribution in [1.29, 1.82) is 0 Å². The molecule has 0 unspecified atom stereocenters. The second-order valence-electron chi connectivity index (χ2n) is 5.41. The number of rotatable bonds is 5. The third-order valence-corrected chi connectivity index (χ3v) is 4.08. The Bertz CT molecular complexity index is 653. The lowest BCUT2D eigenvalue weighted by atomic mass is 10.0. The number of benzene rings is 1. The number of unbranched alkanes of at least 4 members (excludes halogenated alkanes) is 1. The van der Waals surface area contributed by atoms with Crippen LogP contribution in [0.15, 0.2) is 12.1 Å². The van der Waals surface area contributed by atoms with Crippen LogP contribution in [0.25, 0.3) is 10.9 Å². The number of hydrogen-bond acceptors (Lipinski definition) is 1. The lowest BCUT2D eigenvalue weighted by Gasteiger charge is -2.07. The van der Waals surface area contributed by atoms with Crippen molar-refractivity contribution in [2.45, 2.75) is 53.5 Å². The van der Waals surface area contributed by atoms with Crippen molar-refractivity contribution in [3.63, 3.8) is 0 Å². The average molecular weight is 273 g/mol. The standard InChI is InChI=1S/C17H23NO2/c1-5-7-8-14-12(4)18(6-2)16-11(3)9-13(17(19)20)10-15(14)16/h9-10H,5-8H2,1-4H3,(H,19,20). The minimum atomic E-state index is -0.849. The highest BCUT2D eigenvalue weighted by Crippen LogP contribution is 2.31. The topological polar surface area (TPSA) is 42.2 Å². The van der Waals surface area contributed by atoms with Crippen LogP contribution in [0, 0.1) is 13.8 Å². The Morgan fingerprint density at radius 3 is 2.50 bits per heavy atom. The molecule has 0 bridgehead atoms. The van der Waals surface area contributed by atoms with Gasteiger partial charge in [-0.05, 0) is 56.9 Å². The Morgan fingerprint density at radius 1 is 1.25 bits per heavy atom. The van der Waals surface area contributed by atoms with Gasteiger partial charge in [0.1, 0.15) is 0 Å². The molecule has 0 fully saturated rings. The number of nitrogens with zero attached hydrogens (tertiary/aromatic N) is 1. The van der Waals surface area contributed by atoms with Gasteiger partial charge >= 0.3 is 5.97 Å². The number of carboxylic acid groups (broad SMARTS) is 1. The van der Waals surface area contributed by atoms with Crippen molar-refractivity contribution in [2.24, 2.45) is 0 Å². The van der Waals surface area contributed by atoms with E-state index in [1.807, 2.05) is 13.0 Å². The maximum atomic E-state index is 11.3. The van der Waals surface area contributed by atoms with Gasteiger partial charge in [0.15, 0.2) is 0 Å². The second kappa shape index (κ2) is 5.70. The molecule has 0 aliphatic rings. The van der Waals surface area contributed by atoms with E-state index >= 15 is 0 Å². The highest BCUT2D eigenvalue weighted by Gasteiger charge is 2.17. The summed E-state index contributed by atoms with van der Waals surface area (Å²) in [5.74, 6) is -0.849. The highest BCUT2D eigenvalue weighted by molar-refractivity contribution is 5.97. The number of aromatic nitrogens is 1. The van der Waals surface area contributed by atoms with Crippen LogP contribution in [-0.2, 0) is 13.0 Å². The van der Waals surface area contributed by atoms with Crippen LogP contribution < -0.4 is 0 Å². The van der Waals surface area contributed by atoms with Gasteiger partial charge in [-0.15, -0.1) is 0 Å². The Balaban J connectivity index is 2.76. The molecule has 1 heterocycles. The molecule has 0 saturated carbocycles. The summed E-state index contributed by atoms with van der Waals surface area (Å²) in [5.41, 5.74) is 5.23. The fourth-order valence-electron chi connectivity index (χ4n) is 3.08. The fraction of sp³-hybridized carbons (Fsp3) is 0.471. The van der Waals surface area contributed by atoms with Gasteiger partial charge in [-0.1, -0.05) is 13.3 Å². The third kappa shape index (κ3) is 2.33. The van der Waals surface area contributed by atoms with E-state index in [4.69, 9.17) is 0 Å². The molecule has 1 N–H and O–H groups in total. The van der Waals surface area contributed by atoms with E-state index in [9.17, 15) is 9.90 Å². The normalized spacial score (nSPS) is 11.2. The lowest BCUT2D eigenvalue weighted by Crippen LogP contribution is -2.00. The first kappa shape index (κ1) is 14.6. The first-order chi connectivity index (χ1) is 9.51. The Kier molecular flexibility index (Phi) is 4.17. The van der Waals surface area contributed by atoms with Crippen LogP contribution in [-0.4, -0.2) is 15.6 Å². The maximum absolute atomic E-state index is 11.3. The summed E-state index contributed by atoms with van der Waals surface area (Å²) >= 11 is 0. The van der Waals surface area contributed by atoms with Gasteiger partial charge in [0.05, 0.1) is 11.1 Å². The second-order valence-corrected chi connectivity index (χ2v) is 5.41. The zero-order chi connectivity index (χ0) is 14.9. The van der Waals surface area contributed by atoms with E-state index < -0.39 is 5.97 Å². The van der Waals surface area contributed by atoms with E-state index in [-0.39, 0.29) is 0 Å². The van der Waals surface area contributed by atoms with E-state index in [0.717, 1.165) is 36.8 Å². The summed E-state index contributed by atoms with van der Waals surface area (Å²) in [5, 5.41) is 10.4. The van der Waals surface area contributed by atoms with Crippen molar-refractivity contribution in [1.82, 2.24) is 4.57 Å². The van der Waals surface area contributed by atoms with E-state index in [0.29, 0.717) is 5.56 Å². The largest absolute Gasteiger partial charge is 0.478 e. The monoisotopic (exact) mass is 273 g/mol. The smallest absolute Gasteiger partial charge is 0.335 e. The molecule has 1 aromatic carbocycles. The van der Waals surface area contributed by atoms with Gasteiger partial charge in [0.25, 0.3) is 0 Å². The number of aromatic carboxylic acids is 1. The van der Waals surface area contributed by atoms with Gasteiger partial charge in [-0.3, -0.25) is 0 Å². The molecule has 20 heavy (non-hydrogen) atoms. The summed E-state index contributed by atoms with van der Waals surface area (Å²) in [6.07, 6.45) is 3.31. The molecule has 0 amide bonds. The number of carboxylic acids is 1. The van der Waals surface area contributed by atoms with Crippen molar-refractivity contribution in [3.05, 3.63) is 34.5 Å². The van der Waals surface area contributed by atoms with E-state index in [2.05, 4.69) is 25.3 Å². The zero-order valence-electron chi connectivity index (χ0n) is 12.8.